The third-order valence-corrected chi connectivity index (χ3v) is 5.95. The van der Waals surface area contributed by atoms with E-state index in [1.807, 2.05) is 11.9 Å². The van der Waals surface area contributed by atoms with Crippen LogP contribution in [-0.2, 0) is 0 Å². The molecule has 110 valence electrons. The van der Waals surface area contributed by atoms with Gasteiger partial charge in [-0.3, -0.25) is 0 Å². The fourth-order valence-corrected chi connectivity index (χ4v) is 4.36. The van der Waals surface area contributed by atoms with Crippen LogP contribution in [0.15, 0.2) is 28.6 Å². The zero-order valence-electron chi connectivity index (χ0n) is 13.0. The molecular weight excluding hydrogens is 284 g/mol. The number of rotatable bonds is 6. The van der Waals surface area contributed by atoms with Gasteiger partial charge in [-0.05, 0) is 50.3 Å². The summed E-state index contributed by atoms with van der Waals surface area (Å²) in [6.07, 6.45) is 1.14. The van der Waals surface area contributed by atoms with Crippen molar-refractivity contribution in [3.05, 3.63) is 24.3 Å². The molecule has 2 rings (SSSR count). The first-order valence-electron chi connectivity index (χ1n) is 7.23. The molecule has 0 atom stereocenters. The van der Waals surface area contributed by atoms with E-state index < -0.39 is 0 Å². The number of benzene rings is 1. The number of nitrogens with zero attached hydrogens (tertiary/aromatic N) is 2. The normalized spacial score (nSPS) is 12.8. The molecule has 4 heteroatoms. The van der Waals surface area contributed by atoms with Gasteiger partial charge >= 0.3 is 0 Å². The van der Waals surface area contributed by atoms with Crippen molar-refractivity contribution in [3.63, 3.8) is 0 Å². The van der Waals surface area contributed by atoms with Crippen LogP contribution in [0, 0.1) is 5.92 Å². The quantitative estimate of drug-likeness (QED) is 0.660. The van der Waals surface area contributed by atoms with Crippen molar-refractivity contribution < 1.29 is 0 Å². The predicted molar refractivity (Wildman–Crippen MR) is 91.4 cm³/mol. The van der Waals surface area contributed by atoms with Crippen LogP contribution in [-0.4, -0.2) is 21.4 Å². The zero-order valence-corrected chi connectivity index (χ0v) is 14.6. The summed E-state index contributed by atoms with van der Waals surface area (Å²) in [6, 6.07) is 8.37. The molecule has 0 unspecified atom stereocenters. The average Bonchev–Trinajstić information content (AvgIpc) is 2.79. The molecule has 0 bridgehead atoms. The minimum absolute atomic E-state index is 0.187. The Kier molecular flexibility index (Phi) is 5.10. The highest BCUT2D eigenvalue weighted by atomic mass is 32.2. The summed E-state index contributed by atoms with van der Waals surface area (Å²) < 4.78 is 4.91. The fourth-order valence-electron chi connectivity index (χ4n) is 1.90. The van der Waals surface area contributed by atoms with Crippen LogP contribution in [0.5, 0.6) is 0 Å². The monoisotopic (exact) mass is 308 g/mol. The van der Waals surface area contributed by atoms with Gasteiger partial charge < -0.3 is 0 Å². The van der Waals surface area contributed by atoms with Crippen molar-refractivity contribution in [2.24, 2.45) is 5.92 Å². The standard InChI is InChI=1S/C16H24N2S2/c1-6-16(4,5)18(11-12(2)3)20-15-17-13-9-7-8-10-14(13)19-15/h7-10,12H,6,11H2,1-5H3. The number of hydrogen-bond donors (Lipinski definition) is 0. The second-order valence-electron chi connectivity index (χ2n) is 6.16. The van der Waals surface area contributed by atoms with Crippen molar-refractivity contribution >= 4 is 33.5 Å². The lowest BCUT2D eigenvalue weighted by molar-refractivity contribution is 0.221. The summed E-state index contributed by atoms with van der Waals surface area (Å²) in [4.78, 5) is 4.75. The molecule has 0 saturated heterocycles. The summed E-state index contributed by atoms with van der Waals surface area (Å²) in [5.74, 6) is 0.655. The second-order valence-corrected chi connectivity index (χ2v) is 8.46. The highest BCUT2D eigenvalue weighted by Crippen LogP contribution is 2.36. The molecule has 0 saturated carbocycles. The lowest BCUT2D eigenvalue weighted by Gasteiger charge is -2.37. The van der Waals surface area contributed by atoms with E-state index >= 15 is 0 Å². The van der Waals surface area contributed by atoms with Crippen LogP contribution in [0.25, 0.3) is 10.2 Å². The Labute approximate surface area is 130 Å². The van der Waals surface area contributed by atoms with Crippen LogP contribution < -0.4 is 0 Å². The number of hydrogen-bond acceptors (Lipinski definition) is 4. The molecule has 0 radical (unpaired) electrons. The summed E-state index contributed by atoms with van der Waals surface area (Å²) in [5, 5.41) is 0. The molecule has 0 aliphatic carbocycles. The molecule has 20 heavy (non-hydrogen) atoms. The molecule has 0 amide bonds. The molecule has 1 aromatic carbocycles. The summed E-state index contributed by atoms with van der Waals surface area (Å²) >= 11 is 3.60. The third-order valence-electron chi connectivity index (χ3n) is 3.53. The van der Waals surface area contributed by atoms with Crippen LogP contribution in [0.4, 0.5) is 0 Å². The van der Waals surface area contributed by atoms with Crippen LogP contribution in [0.2, 0.25) is 0 Å². The zero-order chi connectivity index (χ0) is 14.8. The van der Waals surface area contributed by atoms with Crippen molar-refractivity contribution in [2.45, 2.75) is 50.9 Å². The van der Waals surface area contributed by atoms with Gasteiger partial charge in [0, 0.05) is 12.1 Å². The molecule has 2 aromatic rings. The molecule has 0 aliphatic heterocycles. The molecule has 0 spiro atoms. The smallest absolute Gasteiger partial charge is 0.166 e. The largest absolute Gasteiger partial charge is 0.239 e. The van der Waals surface area contributed by atoms with Crippen LogP contribution >= 0.6 is 23.3 Å². The predicted octanol–water partition coefficient (Wildman–Crippen LogP) is 5.45. The maximum Gasteiger partial charge on any atom is 0.166 e. The van der Waals surface area contributed by atoms with E-state index in [2.05, 4.69) is 63.2 Å². The molecule has 1 aromatic heterocycles. The minimum atomic E-state index is 0.187. The molecule has 1 heterocycles. The van der Waals surface area contributed by atoms with Gasteiger partial charge in [-0.15, -0.1) is 11.3 Å². The Bertz CT molecular complexity index is 527. The second kappa shape index (κ2) is 6.46. The average molecular weight is 309 g/mol. The summed E-state index contributed by atoms with van der Waals surface area (Å²) in [5.41, 5.74) is 1.30. The van der Waals surface area contributed by atoms with E-state index in [1.54, 1.807) is 11.3 Å². The Morgan fingerprint density at radius 2 is 2.00 bits per heavy atom. The lowest BCUT2D eigenvalue weighted by Crippen LogP contribution is -2.40. The van der Waals surface area contributed by atoms with Crippen molar-refractivity contribution in [1.82, 2.24) is 9.29 Å². The highest BCUT2D eigenvalue weighted by Gasteiger charge is 2.27. The minimum Gasteiger partial charge on any atom is -0.239 e. The third kappa shape index (κ3) is 3.74. The number of aromatic nitrogens is 1. The van der Waals surface area contributed by atoms with Gasteiger partial charge in [0.05, 0.1) is 10.2 Å². The van der Waals surface area contributed by atoms with Gasteiger partial charge in [0.25, 0.3) is 0 Å². The van der Waals surface area contributed by atoms with Crippen molar-refractivity contribution in [1.29, 1.82) is 0 Å². The first-order chi connectivity index (χ1) is 9.42. The maximum atomic E-state index is 4.75. The Hall–Kier alpha value is -0.580. The van der Waals surface area contributed by atoms with Gasteiger partial charge in [0.1, 0.15) is 0 Å². The molecule has 0 fully saturated rings. The first kappa shape index (κ1) is 15.8. The van der Waals surface area contributed by atoms with Gasteiger partial charge in [0.2, 0.25) is 0 Å². The van der Waals surface area contributed by atoms with E-state index in [0.717, 1.165) is 22.8 Å². The topological polar surface area (TPSA) is 16.1 Å². The number of fused-ring (bicyclic) bond motifs is 1. The number of thiazole rings is 1. The Morgan fingerprint density at radius 3 is 2.60 bits per heavy atom. The lowest BCUT2D eigenvalue weighted by atomic mass is 10.0. The SMILES string of the molecule is CCC(C)(C)N(CC(C)C)Sc1nc2ccccc2s1. The summed E-state index contributed by atoms with van der Waals surface area (Å²) in [7, 11) is 0. The van der Waals surface area contributed by atoms with E-state index in [1.165, 1.54) is 4.70 Å². The molecular formula is C16H24N2S2. The molecule has 2 nitrogen and oxygen atoms in total. The van der Waals surface area contributed by atoms with Gasteiger partial charge in [0.15, 0.2) is 4.34 Å². The van der Waals surface area contributed by atoms with Crippen molar-refractivity contribution in [2.75, 3.05) is 6.54 Å². The highest BCUT2D eigenvalue weighted by molar-refractivity contribution is 7.99. The fraction of sp³-hybridized carbons (Fsp3) is 0.562. The van der Waals surface area contributed by atoms with Gasteiger partial charge in [-0.1, -0.05) is 32.9 Å². The van der Waals surface area contributed by atoms with Crippen LogP contribution in [0.3, 0.4) is 0 Å². The van der Waals surface area contributed by atoms with Gasteiger partial charge in [-0.2, -0.15) is 0 Å². The summed E-state index contributed by atoms with van der Waals surface area (Å²) in [6.45, 7) is 12.5. The van der Waals surface area contributed by atoms with E-state index in [9.17, 15) is 0 Å². The van der Waals surface area contributed by atoms with Crippen molar-refractivity contribution in [3.8, 4) is 0 Å². The van der Waals surface area contributed by atoms with E-state index in [0.29, 0.717) is 5.92 Å². The van der Waals surface area contributed by atoms with E-state index in [4.69, 9.17) is 4.98 Å². The van der Waals surface area contributed by atoms with Gasteiger partial charge in [-0.25, -0.2) is 9.29 Å². The van der Waals surface area contributed by atoms with E-state index in [-0.39, 0.29) is 5.54 Å². The molecule has 0 N–H and O–H groups in total. The maximum absolute atomic E-state index is 4.75. The Balaban J connectivity index is 2.22. The Morgan fingerprint density at radius 1 is 1.30 bits per heavy atom. The molecule has 0 aliphatic rings. The van der Waals surface area contributed by atoms with Crippen LogP contribution in [0.1, 0.15) is 41.0 Å². The first-order valence-corrected chi connectivity index (χ1v) is 8.82. The number of para-hydroxylation sites is 1.